The molecule has 3 aliphatic rings. The van der Waals surface area contributed by atoms with E-state index in [1.165, 1.54) is 6.07 Å². The Morgan fingerprint density at radius 1 is 1.02 bits per heavy atom. The summed E-state index contributed by atoms with van der Waals surface area (Å²) < 4.78 is 14.3. The van der Waals surface area contributed by atoms with Crippen LogP contribution in [0.5, 0.6) is 0 Å². The molecule has 3 atom stereocenters. The van der Waals surface area contributed by atoms with E-state index in [0.717, 1.165) is 61.3 Å². The van der Waals surface area contributed by atoms with Crippen LogP contribution in [0.25, 0.3) is 0 Å². The van der Waals surface area contributed by atoms with Gasteiger partial charge in [0, 0.05) is 38.2 Å². The van der Waals surface area contributed by atoms with Crippen molar-refractivity contribution >= 4 is 40.7 Å². The molecular formula is C34H36Cl2FN3O2. The van der Waals surface area contributed by atoms with Gasteiger partial charge in [-0.2, -0.15) is 0 Å². The van der Waals surface area contributed by atoms with Crippen molar-refractivity contribution in [1.29, 1.82) is 0 Å². The minimum atomic E-state index is -0.671. The summed E-state index contributed by atoms with van der Waals surface area (Å²) in [7, 11) is 1.89. The van der Waals surface area contributed by atoms with Gasteiger partial charge in [0.15, 0.2) is 0 Å². The Hall–Kier alpha value is -2.93. The number of carbonyl (C=O) groups excluding carboxylic acids is 2. The maximum atomic E-state index is 14.3. The van der Waals surface area contributed by atoms with Gasteiger partial charge in [0.05, 0.1) is 21.5 Å². The Bertz CT molecular complexity index is 1520. The molecule has 3 aromatic rings. The highest BCUT2D eigenvalue weighted by Crippen LogP contribution is 2.57. The lowest BCUT2D eigenvalue weighted by molar-refractivity contribution is -0.135. The second-order valence-corrected chi connectivity index (χ2v) is 13.2. The molecule has 2 amide bonds. The van der Waals surface area contributed by atoms with Crippen molar-refractivity contribution in [2.45, 2.75) is 50.0 Å². The first kappa shape index (κ1) is 29.2. The zero-order chi connectivity index (χ0) is 29.8. The first-order chi connectivity index (χ1) is 20.1. The van der Waals surface area contributed by atoms with E-state index in [-0.39, 0.29) is 35.0 Å². The molecule has 1 spiro atoms. The third-order valence-electron chi connectivity index (χ3n) is 10.1. The minimum absolute atomic E-state index is 0.0149. The van der Waals surface area contributed by atoms with Crippen molar-refractivity contribution in [2.75, 3.05) is 38.1 Å². The van der Waals surface area contributed by atoms with E-state index in [9.17, 15) is 14.0 Å². The number of rotatable bonds is 6. The summed E-state index contributed by atoms with van der Waals surface area (Å²) in [5.74, 6) is -0.0617. The molecular weight excluding hydrogens is 572 g/mol. The predicted octanol–water partition coefficient (Wildman–Crippen LogP) is 7.01. The Kier molecular flexibility index (Phi) is 7.61. The van der Waals surface area contributed by atoms with Crippen LogP contribution in [0, 0.1) is 11.7 Å². The van der Waals surface area contributed by atoms with Gasteiger partial charge < -0.3 is 14.7 Å². The van der Waals surface area contributed by atoms with Gasteiger partial charge in [0.1, 0.15) is 5.82 Å². The number of fused-ring (bicyclic) bond motifs is 2. The highest BCUT2D eigenvalue weighted by atomic mass is 35.5. The molecule has 2 fully saturated rings. The molecule has 0 radical (unpaired) electrons. The fourth-order valence-corrected chi connectivity index (χ4v) is 7.63. The SMILES string of the molecule is CC(=O)N1CC2(CCN(C[C@@H]3C[C@@]3(C(=O)N(C)[C@@H](C)c3ccccc3)c3ccc(Cl)c(Cl)c3)CC2)c2cc(F)ccc21. The fraction of sp³-hybridized carbons (Fsp3) is 0.412. The van der Waals surface area contributed by atoms with Gasteiger partial charge in [0.2, 0.25) is 11.8 Å². The van der Waals surface area contributed by atoms with Gasteiger partial charge in [-0.25, -0.2) is 4.39 Å². The predicted molar refractivity (Wildman–Crippen MR) is 166 cm³/mol. The third kappa shape index (κ3) is 4.91. The van der Waals surface area contributed by atoms with Gasteiger partial charge in [0.25, 0.3) is 0 Å². The Morgan fingerprint density at radius 3 is 2.40 bits per heavy atom. The average Bonchev–Trinajstić information content (AvgIpc) is 3.63. The first-order valence-electron chi connectivity index (χ1n) is 14.6. The van der Waals surface area contributed by atoms with Crippen LogP contribution in [-0.4, -0.2) is 54.8 Å². The second-order valence-electron chi connectivity index (χ2n) is 12.4. The van der Waals surface area contributed by atoms with Gasteiger partial charge in [-0.3, -0.25) is 9.59 Å². The van der Waals surface area contributed by atoms with Crippen molar-refractivity contribution < 1.29 is 14.0 Å². The Labute approximate surface area is 257 Å². The van der Waals surface area contributed by atoms with E-state index in [4.69, 9.17) is 23.2 Å². The van der Waals surface area contributed by atoms with Crippen molar-refractivity contribution in [3.8, 4) is 0 Å². The second kappa shape index (κ2) is 11.0. The summed E-state index contributed by atoms with van der Waals surface area (Å²) >= 11 is 12.7. The molecule has 1 saturated heterocycles. The van der Waals surface area contributed by atoms with Gasteiger partial charge >= 0.3 is 0 Å². The van der Waals surface area contributed by atoms with Gasteiger partial charge in [-0.1, -0.05) is 59.6 Å². The number of likely N-dealkylation sites (N-methyl/N-ethyl adjacent to an activating group) is 1. The Balaban J connectivity index is 1.22. The van der Waals surface area contributed by atoms with E-state index in [1.807, 2.05) is 42.3 Å². The summed E-state index contributed by atoms with van der Waals surface area (Å²) in [6.45, 7) is 6.64. The molecule has 5 nitrogen and oxygen atoms in total. The lowest BCUT2D eigenvalue weighted by Crippen LogP contribution is -2.47. The zero-order valence-electron chi connectivity index (χ0n) is 24.2. The van der Waals surface area contributed by atoms with Crippen LogP contribution in [0.1, 0.15) is 55.8 Å². The smallest absolute Gasteiger partial charge is 0.233 e. The van der Waals surface area contributed by atoms with Crippen molar-refractivity contribution in [3.63, 3.8) is 0 Å². The molecule has 0 unspecified atom stereocenters. The van der Waals surface area contributed by atoms with Crippen molar-refractivity contribution in [1.82, 2.24) is 9.80 Å². The minimum Gasteiger partial charge on any atom is -0.338 e. The lowest BCUT2D eigenvalue weighted by atomic mass is 9.74. The molecule has 6 rings (SSSR count). The van der Waals surface area contributed by atoms with Gasteiger partial charge in [-0.05, 0) is 92.2 Å². The maximum absolute atomic E-state index is 14.3. The van der Waals surface area contributed by atoms with Crippen molar-refractivity contribution in [3.05, 3.63) is 99.3 Å². The summed E-state index contributed by atoms with van der Waals surface area (Å²) in [5, 5.41) is 0.924. The normalized spacial score (nSPS) is 23.5. The maximum Gasteiger partial charge on any atom is 0.233 e. The molecule has 42 heavy (non-hydrogen) atoms. The third-order valence-corrected chi connectivity index (χ3v) is 10.8. The molecule has 2 heterocycles. The van der Waals surface area contributed by atoms with Crippen molar-refractivity contribution in [2.24, 2.45) is 5.92 Å². The summed E-state index contributed by atoms with van der Waals surface area (Å²) in [5.41, 5.74) is 2.86. The number of hydrogen-bond donors (Lipinski definition) is 0. The van der Waals surface area contributed by atoms with Crippen LogP contribution in [0.4, 0.5) is 10.1 Å². The zero-order valence-corrected chi connectivity index (χ0v) is 25.8. The molecule has 1 saturated carbocycles. The number of amides is 2. The number of hydrogen-bond acceptors (Lipinski definition) is 3. The number of likely N-dealkylation sites (tertiary alicyclic amines) is 1. The first-order valence-corrected chi connectivity index (χ1v) is 15.4. The molecule has 0 N–H and O–H groups in total. The summed E-state index contributed by atoms with van der Waals surface area (Å²) in [6, 6.07) is 20.4. The fourth-order valence-electron chi connectivity index (χ4n) is 7.33. The van der Waals surface area contributed by atoms with E-state index in [1.54, 1.807) is 30.0 Å². The van der Waals surface area contributed by atoms with E-state index >= 15 is 0 Å². The largest absolute Gasteiger partial charge is 0.338 e. The Morgan fingerprint density at radius 2 is 1.74 bits per heavy atom. The molecule has 1 aliphatic carbocycles. The lowest BCUT2D eigenvalue weighted by Gasteiger charge is -2.40. The number of piperidine rings is 1. The molecule has 0 aromatic heterocycles. The van der Waals surface area contributed by atoms with Crippen LogP contribution < -0.4 is 4.90 Å². The standard InChI is InChI=1S/C34H36Cl2FN3O2/c1-22(24-7-5-4-6-8-24)38(3)32(42)34(25-9-11-29(35)30(36)17-25)19-26(34)20-39-15-13-33(14-16-39)21-40(23(2)41)31-12-10-27(37)18-28(31)33/h4-12,17-18,22,26H,13-16,19-21H2,1-3H3/t22-,26-,34+/m0/s1. The highest BCUT2D eigenvalue weighted by molar-refractivity contribution is 6.42. The van der Waals surface area contributed by atoms with E-state index in [0.29, 0.717) is 16.6 Å². The topological polar surface area (TPSA) is 43.9 Å². The molecule has 2 aliphatic heterocycles. The molecule has 220 valence electrons. The average molecular weight is 609 g/mol. The van der Waals surface area contributed by atoms with Gasteiger partial charge in [-0.15, -0.1) is 0 Å². The van der Waals surface area contributed by atoms with Crippen LogP contribution >= 0.6 is 23.2 Å². The number of anilines is 1. The summed E-state index contributed by atoms with van der Waals surface area (Å²) in [6.07, 6.45) is 2.40. The number of carbonyl (C=O) groups is 2. The molecule has 3 aromatic carbocycles. The van der Waals surface area contributed by atoms with Crippen LogP contribution in [0.2, 0.25) is 10.0 Å². The number of nitrogens with zero attached hydrogens (tertiary/aromatic N) is 3. The van der Waals surface area contributed by atoms with Crippen LogP contribution in [0.3, 0.4) is 0 Å². The number of benzene rings is 3. The van der Waals surface area contributed by atoms with E-state index in [2.05, 4.69) is 24.0 Å². The monoisotopic (exact) mass is 607 g/mol. The number of halogens is 3. The molecule has 0 bridgehead atoms. The molecule has 8 heteroatoms. The quantitative estimate of drug-likeness (QED) is 0.303. The van der Waals surface area contributed by atoms with E-state index < -0.39 is 5.41 Å². The highest BCUT2D eigenvalue weighted by Gasteiger charge is 2.62. The van der Waals surface area contributed by atoms with Crippen LogP contribution in [-0.2, 0) is 20.4 Å². The van der Waals surface area contributed by atoms with Crippen LogP contribution in [0.15, 0.2) is 66.7 Å². The summed E-state index contributed by atoms with van der Waals surface area (Å²) in [4.78, 5) is 32.8.